The molecule has 2 aromatic rings. The summed E-state index contributed by atoms with van der Waals surface area (Å²) in [4.78, 5) is 4.06. The third-order valence-electron chi connectivity index (χ3n) is 5.33. The van der Waals surface area contributed by atoms with Crippen molar-refractivity contribution in [1.29, 1.82) is 0 Å². The van der Waals surface area contributed by atoms with Gasteiger partial charge >= 0.3 is 0 Å². The van der Waals surface area contributed by atoms with Crippen molar-refractivity contribution in [2.75, 3.05) is 0 Å². The molecule has 4 heteroatoms. The maximum atomic E-state index is 6.31. The fourth-order valence-corrected chi connectivity index (χ4v) is 3.32. The molecular formula is C18H25N3O. The van der Waals surface area contributed by atoms with Crippen LogP contribution in [0.25, 0.3) is 0 Å². The number of nitrogens with zero attached hydrogens (tertiary/aromatic N) is 3. The summed E-state index contributed by atoms with van der Waals surface area (Å²) < 4.78 is 8.18. The Kier molecular flexibility index (Phi) is 3.60. The predicted molar refractivity (Wildman–Crippen MR) is 86.6 cm³/mol. The summed E-state index contributed by atoms with van der Waals surface area (Å²) >= 11 is 0. The van der Waals surface area contributed by atoms with Gasteiger partial charge in [-0.05, 0) is 24.0 Å². The van der Waals surface area contributed by atoms with Crippen molar-refractivity contribution >= 4 is 0 Å². The Morgan fingerprint density at radius 3 is 2.36 bits per heavy atom. The molecule has 0 amide bonds. The molecule has 0 radical (unpaired) electrons. The van der Waals surface area contributed by atoms with Crippen molar-refractivity contribution in [2.24, 2.45) is 5.41 Å². The molecule has 2 heterocycles. The molecule has 1 aliphatic rings. The number of benzene rings is 1. The number of aromatic nitrogens is 3. The molecule has 3 rings (SSSR count). The molecule has 1 fully saturated rings. The van der Waals surface area contributed by atoms with Crippen molar-refractivity contribution in [2.45, 2.75) is 58.8 Å². The summed E-state index contributed by atoms with van der Waals surface area (Å²) in [5, 5.41) is 4.27. The normalized spacial score (nSPS) is 26.9. The Morgan fingerprint density at radius 2 is 1.91 bits per heavy atom. The third kappa shape index (κ3) is 2.17. The van der Waals surface area contributed by atoms with E-state index < -0.39 is 0 Å². The first-order valence-corrected chi connectivity index (χ1v) is 7.97. The zero-order valence-electron chi connectivity index (χ0n) is 14.1. The largest absolute Gasteiger partial charge is 0.364 e. The van der Waals surface area contributed by atoms with Crippen LogP contribution in [0.2, 0.25) is 0 Å². The van der Waals surface area contributed by atoms with Crippen LogP contribution in [0.1, 0.15) is 51.7 Å². The number of hydrogen-bond acceptors (Lipinski definition) is 3. The zero-order chi connectivity index (χ0) is 16.0. The molecule has 2 atom stereocenters. The lowest BCUT2D eigenvalue weighted by Gasteiger charge is -2.60. The monoisotopic (exact) mass is 299 g/mol. The van der Waals surface area contributed by atoms with E-state index >= 15 is 0 Å². The fraction of sp³-hybridized carbons (Fsp3) is 0.556. The maximum Gasteiger partial charge on any atom is 0.137 e. The van der Waals surface area contributed by atoms with Gasteiger partial charge in [0, 0.05) is 5.41 Å². The molecule has 0 saturated carbocycles. The Bertz CT molecular complexity index is 631. The summed E-state index contributed by atoms with van der Waals surface area (Å²) in [6.07, 6.45) is 3.55. The van der Waals surface area contributed by atoms with Gasteiger partial charge in [0.25, 0.3) is 0 Å². The zero-order valence-corrected chi connectivity index (χ0v) is 14.1. The molecule has 118 valence electrons. The van der Waals surface area contributed by atoms with E-state index in [1.54, 1.807) is 12.7 Å². The van der Waals surface area contributed by atoms with Crippen LogP contribution < -0.4 is 0 Å². The van der Waals surface area contributed by atoms with Crippen LogP contribution in [0.15, 0.2) is 36.9 Å². The van der Waals surface area contributed by atoms with Crippen LogP contribution in [0.3, 0.4) is 0 Å². The van der Waals surface area contributed by atoms with Gasteiger partial charge in [-0.25, -0.2) is 9.67 Å². The molecule has 22 heavy (non-hydrogen) atoms. The Labute approximate surface area is 132 Å². The van der Waals surface area contributed by atoms with E-state index in [1.807, 2.05) is 4.68 Å². The molecular weight excluding hydrogens is 274 g/mol. The van der Waals surface area contributed by atoms with E-state index in [4.69, 9.17) is 4.74 Å². The summed E-state index contributed by atoms with van der Waals surface area (Å²) in [5.41, 5.74) is 2.26. The molecule has 2 unspecified atom stereocenters. The maximum absolute atomic E-state index is 6.31. The van der Waals surface area contributed by atoms with Gasteiger partial charge in [-0.2, -0.15) is 5.10 Å². The number of ether oxygens (including phenoxy) is 1. The minimum absolute atomic E-state index is 0.0400. The van der Waals surface area contributed by atoms with E-state index in [9.17, 15) is 0 Å². The highest BCUT2D eigenvalue weighted by atomic mass is 16.5. The van der Waals surface area contributed by atoms with E-state index in [0.29, 0.717) is 12.5 Å². The molecule has 1 saturated heterocycles. The Hall–Kier alpha value is -1.68. The third-order valence-corrected chi connectivity index (χ3v) is 5.33. The van der Waals surface area contributed by atoms with Crippen LogP contribution >= 0.6 is 0 Å². The topological polar surface area (TPSA) is 39.9 Å². The van der Waals surface area contributed by atoms with Crippen molar-refractivity contribution < 1.29 is 4.74 Å². The molecule has 0 spiro atoms. The smallest absolute Gasteiger partial charge is 0.137 e. The molecule has 0 aliphatic carbocycles. The van der Waals surface area contributed by atoms with Gasteiger partial charge in [0.05, 0.1) is 12.6 Å². The average molecular weight is 299 g/mol. The van der Waals surface area contributed by atoms with Crippen molar-refractivity contribution in [3.63, 3.8) is 0 Å². The first-order chi connectivity index (χ1) is 10.4. The van der Waals surface area contributed by atoms with E-state index in [-0.39, 0.29) is 17.1 Å². The van der Waals surface area contributed by atoms with Crippen LogP contribution in [-0.2, 0) is 16.9 Å². The fourth-order valence-electron chi connectivity index (χ4n) is 3.32. The van der Waals surface area contributed by atoms with Gasteiger partial charge in [0.2, 0.25) is 0 Å². The lowest BCUT2D eigenvalue weighted by atomic mass is 9.62. The quantitative estimate of drug-likeness (QED) is 0.863. The van der Waals surface area contributed by atoms with E-state index in [0.717, 1.165) is 0 Å². The highest BCUT2D eigenvalue weighted by Crippen LogP contribution is 2.57. The van der Waals surface area contributed by atoms with E-state index in [1.165, 1.54) is 11.1 Å². The first kappa shape index (κ1) is 15.2. The highest BCUT2D eigenvalue weighted by molar-refractivity contribution is 5.33. The highest BCUT2D eigenvalue weighted by Gasteiger charge is 2.61. The Balaban J connectivity index is 1.99. The second kappa shape index (κ2) is 5.20. The minimum atomic E-state index is -0.352. The van der Waals surface area contributed by atoms with Gasteiger partial charge in [-0.1, -0.05) is 52.0 Å². The van der Waals surface area contributed by atoms with Crippen molar-refractivity contribution in [3.8, 4) is 0 Å². The molecule has 0 bridgehead atoms. The van der Waals surface area contributed by atoms with Crippen molar-refractivity contribution in [1.82, 2.24) is 14.8 Å². The Morgan fingerprint density at radius 1 is 1.23 bits per heavy atom. The SMILES string of the molecule is CC(C)c1ccc(C2(Cn3cncn3)OC(C)C2(C)C)cc1. The lowest BCUT2D eigenvalue weighted by Crippen LogP contribution is -2.64. The van der Waals surface area contributed by atoms with Crippen LogP contribution in [0.4, 0.5) is 0 Å². The summed E-state index contributed by atoms with van der Waals surface area (Å²) in [7, 11) is 0. The number of hydrogen-bond donors (Lipinski definition) is 0. The predicted octanol–water partition coefficient (Wildman–Crippen LogP) is 3.74. The minimum Gasteiger partial charge on any atom is -0.364 e. The number of rotatable bonds is 4. The van der Waals surface area contributed by atoms with Gasteiger partial charge in [-0.15, -0.1) is 0 Å². The molecule has 1 aromatic carbocycles. The van der Waals surface area contributed by atoms with Gasteiger partial charge in [0.15, 0.2) is 0 Å². The molecule has 1 aromatic heterocycles. The van der Waals surface area contributed by atoms with Crippen LogP contribution in [0.5, 0.6) is 0 Å². The molecule has 1 aliphatic heterocycles. The summed E-state index contributed by atoms with van der Waals surface area (Å²) in [6, 6.07) is 8.84. The van der Waals surface area contributed by atoms with Crippen molar-refractivity contribution in [3.05, 3.63) is 48.0 Å². The van der Waals surface area contributed by atoms with E-state index in [2.05, 4.69) is 69.0 Å². The van der Waals surface area contributed by atoms with Crippen LogP contribution in [0, 0.1) is 5.41 Å². The average Bonchev–Trinajstić information content (AvgIpc) is 2.99. The van der Waals surface area contributed by atoms with Gasteiger partial charge in [0.1, 0.15) is 18.3 Å². The standard InChI is InChI=1S/C18H25N3O/c1-13(2)15-6-8-16(9-7-15)18(10-21-12-19-11-20-21)17(4,5)14(3)22-18/h6-9,11-14H,10H2,1-5H3. The molecule has 4 nitrogen and oxygen atoms in total. The first-order valence-electron chi connectivity index (χ1n) is 7.97. The summed E-state index contributed by atoms with van der Waals surface area (Å²) in [6.45, 7) is 11.8. The second-order valence-electron chi connectivity index (χ2n) is 7.18. The summed E-state index contributed by atoms with van der Waals surface area (Å²) in [5.74, 6) is 0.537. The van der Waals surface area contributed by atoms with Gasteiger partial charge < -0.3 is 4.74 Å². The molecule has 0 N–H and O–H groups in total. The van der Waals surface area contributed by atoms with Crippen LogP contribution in [-0.4, -0.2) is 20.9 Å². The second-order valence-corrected chi connectivity index (χ2v) is 7.18. The van der Waals surface area contributed by atoms with Gasteiger partial charge in [-0.3, -0.25) is 0 Å². The lowest BCUT2D eigenvalue weighted by molar-refractivity contribution is -0.316.